The molecule has 141 heavy (non-hydrogen) atoms. The number of carbonyl (C=O) groups is 3. The van der Waals surface area contributed by atoms with Crippen LogP contribution in [0.4, 0.5) is 67.1 Å². The van der Waals surface area contributed by atoms with Crippen molar-refractivity contribution in [3.8, 4) is 33.8 Å². The number of rotatable bonds is 10. The molecule has 6 aliphatic rings. The van der Waals surface area contributed by atoms with Gasteiger partial charge in [-0.3, -0.25) is 18.4 Å². The molecule has 0 bridgehead atoms. The molecule has 18 rings (SSSR count). The topological polar surface area (TPSA) is 467 Å². The lowest BCUT2D eigenvalue weighted by atomic mass is 9.81. The lowest BCUT2D eigenvalue weighted by Gasteiger charge is -2.35. The van der Waals surface area contributed by atoms with Gasteiger partial charge in [0.1, 0.15) is 22.8 Å². The number of nitrogen functional groups attached to an aromatic ring is 4. The minimum absolute atomic E-state index is 0. The van der Waals surface area contributed by atoms with E-state index in [1.165, 1.54) is 19.3 Å². The highest BCUT2D eigenvalue weighted by Crippen LogP contribution is 2.39. The first kappa shape index (κ1) is 113. The number of alkyl halides is 3. The molecule has 0 aliphatic carbocycles. The number of amides is 2. The molecule has 756 valence electrons. The van der Waals surface area contributed by atoms with E-state index >= 15 is 0 Å². The van der Waals surface area contributed by atoms with E-state index in [0.29, 0.717) is 131 Å². The Hall–Kier alpha value is -11.5. The highest BCUT2D eigenvalue weighted by Gasteiger charge is 2.52. The molecule has 0 radical (unpaired) electrons. The molecule has 51 heteroatoms. The molecule has 6 saturated heterocycles. The molecular formula is C90H110B2Cl6F6N26O11. The number of nitrogens with zero attached hydrogens (tertiary/aromatic N) is 21. The number of fused-ring (bicyclic) bond motifs is 4. The van der Waals surface area contributed by atoms with Crippen molar-refractivity contribution in [3.05, 3.63) is 159 Å². The molecule has 8 aromatic heterocycles. The van der Waals surface area contributed by atoms with E-state index in [-0.39, 0.29) is 76.3 Å². The molecule has 14 heterocycles. The van der Waals surface area contributed by atoms with Crippen LogP contribution in [-0.2, 0) is 44.3 Å². The van der Waals surface area contributed by atoms with Gasteiger partial charge in [-0.1, -0.05) is 102 Å². The zero-order chi connectivity index (χ0) is 101. The first-order valence-corrected chi connectivity index (χ1v) is 46.3. The Morgan fingerprint density at radius 3 is 1.20 bits per heavy atom. The molecule has 0 unspecified atom stereocenters. The van der Waals surface area contributed by atoms with Crippen molar-refractivity contribution in [1.29, 1.82) is 0 Å². The Labute approximate surface area is 841 Å². The number of para-hydroxylation sites is 4. The van der Waals surface area contributed by atoms with E-state index in [9.17, 15) is 31.4 Å². The van der Waals surface area contributed by atoms with Gasteiger partial charge in [0.2, 0.25) is 46.3 Å². The van der Waals surface area contributed by atoms with Crippen LogP contribution < -0.4 is 47.8 Å². The summed E-state index contributed by atoms with van der Waals surface area (Å²) in [6.07, 6.45) is 11.3. The van der Waals surface area contributed by atoms with Crippen molar-refractivity contribution in [2.45, 2.75) is 131 Å². The fourth-order valence-electron chi connectivity index (χ4n) is 14.0. The summed E-state index contributed by atoms with van der Waals surface area (Å²) in [5.41, 5.74) is 29.6. The minimum Gasteiger partial charge on any atom is -1.00 e. The van der Waals surface area contributed by atoms with Gasteiger partial charge in [0, 0.05) is 165 Å². The van der Waals surface area contributed by atoms with E-state index in [1.807, 2.05) is 112 Å². The van der Waals surface area contributed by atoms with Gasteiger partial charge in [0.15, 0.2) is 0 Å². The zero-order valence-corrected chi connectivity index (χ0v) is 82.8. The zero-order valence-electron chi connectivity index (χ0n) is 78.2. The van der Waals surface area contributed by atoms with Gasteiger partial charge in [-0.2, -0.15) is 13.2 Å². The average molecular weight is 2080 g/mol. The maximum atomic E-state index is 12.5. The molecule has 2 amide bonds. The number of ether oxygens (including phenoxy) is 5. The number of hydrogen-bond donors (Lipinski definition) is 6. The van der Waals surface area contributed by atoms with Crippen LogP contribution in [0.1, 0.15) is 101 Å². The minimum atomic E-state index is -5.08. The third-order valence-electron chi connectivity index (χ3n) is 21.7. The lowest BCUT2D eigenvalue weighted by Crippen LogP contribution is -3.15. The van der Waals surface area contributed by atoms with Crippen molar-refractivity contribution in [2.75, 3.05) is 157 Å². The summed E-state index contributed by atoms with van der Waals surface area (Å²) < 4.78 is 94.5. The predicted octanol–water partition coefficient (Wildman–Crippen LogP) is 11.2. The second-order valence-corrected chi connectivity index (χ2v) is 37.0. The molecule has 4 aromatic carbocycles. The van der Waals surface area contributed by atoms with Crippen LogP contribution in [0.3, 0.4) is 0 Å². The molecule has 12 aromatic rings. The number of aromatic nitrogens is 16. The van der Waals surface area contributed by atoms with Crippen molar-refractivity contribution in [3.63, 3.8) is 0 Å². The predicted molar refractivity (Wildman–Crippen MR) is 532 cm³/mol. The summed E-state index contributed by atoms with van der Waals surface area (Å²) in [4.78, 5) is 112. The SMILES string of the molecule is C.C1CCOCC1.CC(C)(C)OC(=O)N1CCN(Cc2cccc3c(-c4cnc(N)nc4)nc(N4CCOCC4)nc23)CC1.CC(C)(C)OC(=O)N1CC[NH+](CB(F)F)CC1.CC1(C)OB(c2cnc(N)nc2)OC1(C)C.Clc1nc(Cl)c2cccc(Cl)c2n1.Nc1ncc(-c2nc(Cl)nc3c(Cl)cccc23)cn1.Nc1ncc(-c2nc(N3CCOCC3)nc3c(Cl)cccc23)cn1.O=C(O)C(F)(F)F.[F-]. The molecule has 6 fully saturated rings. The van der Waals surface area contributed by atoms with Crippen molar-refractivity contribution < 1.29 is 83.9 Å². The molecule has 6 aliphatic heterocycles. The summed E-state index contributed by atoms with van der Waals surface area (Å²) in [7, 11) is -2.70. The van der Waals surface area contributed by atoms with Crippen LogP contribution >= 0.6 is 69.6 Å². The highest BCUT2D eigenvalue weighted by molar-refractivity contribution is 6.62. The average Bonchev–Trinajstić information content (AvgIpc) is 1.18. The number of halogens is 12. The fraction of sp³-hybridized carbons (Fsp3) is 0.433. The standard InChI is InChI=1S/C26H34N8O3.C16H15ClN6O.C12H7Cl2N5.C10H19BF2N2O2.C10H16BN3O2.C8H3Cl3N2.C5H10O.C2HF3O2.CH4.FH/c1-26(2,3)37-25(35)34-9-7-32(8-10-34)17-18-5-4-6-20-21(18)30-24(33-11-13-36-14-12-33)31-22(20)19-15-28-23(27)29-16-19;17-12-3-1-2-11-13(10-8-19-15(18)20-9-10)21-16(22-14(11)12)23-4-6-24-7-5-23;13-8-3-1-2-7-9(18-11(14)19-10(7)8)6-4-16-12(15)17-5-6;1-10(2,3)17-9(16)15-6-4-14(5-7-15)8-11(12)13;1-9(2)10(3,4)16-11(15-9)7-5-13-8(12)14-6-7;9-5-3-1-2-4-6(5)12-8(11)13-7(4)10;1-2-4-6-5-3-1;3-2(4,5)1(6)7;;/h4-6,15-16H,7-14,17H2,1-3H3,(H2,27,28,29);1-3,8-9H,4-7H2,(H2,18,19,20);1-5H,(H2,15,16,17);4-8H2,1-3H3;5-6H,1-4H3,(H2,12,13,14);1-3H;1-5H2;(H,6,7);1H4;1H. The second kappa shape index (κ2) is 51.5. The molecule has 0 atom stereocenters. The van der Waals surface area contributed by atoms with Gasteiger partial charge < -0.3 is 85.3 Å². The van der Waals surface area contributed by atoms with Crippen LogP contribution in [0, 0.1) is 0 Å². The van der Waals surface area contributed by atoms with Gasteiger partial charge in [0.25, 0.3) is 0 Å². The maximum Gasteiger partial charge on any atom is 0.592 e. The Morgan fingerprint density at radius 1 is 0.468 bits per heavy atom. The summed E-state index contributed by atoms with van der Waals surface area (Å²) in [6, 6.07) is 22.6. The number of nitrogens with one attached hydrogen (secondary N) is 1. The fourth-order valence-corrected chi connectivity index (χ4v) is 15.2. The third-order valence-corrected chi connectivity index (χ3v) is 23.2. The third kappa shape index (κ3) is 33.1. The first-order valence-electron chi connectivity index (χ1n) is 44.0. The van der Waals surface area contributed by atoms with Crippen molar-refractivity contribution >= 4 is 187 Å². The number of carboxylic acid groups (broad SMARTS) is 1. The number of anilines is 6. The smallest absolute Gasteiger partial charge is 0.592 e. The first-order chi connectivity index (χ1) is 65.9. The summed E-state index contributed by atoms with van der Waals surface area (Å²) in [6.45, 7) is 32.2. The number of morpholine rings is 2. The molecule has 37 nitrogen and oxygen atoms in total. The van der Waals surface area contributed by atoms with E-state index in [4.69, 9.17) is 150 Å². The van der Waals surface area contributed by atoms with E-state index in [0.717, 1.165) is 119 Å². The van der Waals surface area contributed by atoms with Crippen molar-refractivity contribution in [1.82, 2.24) is 94.4 Å². The summed E-state index contributed by atoms with van der Waals surface area (Å²) in [5.74, 6) is -0.556. The number of carbonyl (C=O) groups excluding carboxylic acids is 2. The summed E-state index contributed by atoms with van der Waals surface area (Å²) >= 11 is 35.8. The number of nitrogens with two attached hydrogens (primary N) is 4. The second-order valence-electron chi connectivity index (χ2n) is 34.8. The van der Waals surface area contributed by atoms with Crippen LogP contribution in [-0.4, -0.2) is 285 Å². The van der Waals surface area contributed by atoms with E-state index in [1.54, 1.807) is 83.6 Å². The van der Waals surface area contributed by atoms with Crippen LogP contribution in [0.15, 0.2) is 122 Å². The van der Waals surface area contributed by atoms with Gasteiger partial charge >= 0.3 is 38.7 Å². The number of hydrogen-bond acceptors (Lipinski definition) is 33. The van der Waals surface area contributed by atoms with Crippen LogP contribution in [0.5, 0.6) is 0 Å². The van der Waals surface area contributed by atoms with Gasteiger partial charge in [-0.15, -0.1) is 0 Å². The molecule has 10 N–H and O–H groups in total. The van der Waals surface area contributed by atoms with E-state index in [2.05, 4.69) is 85.6 Å². The Balaban J connectivity index is 0.000000189. The summed E-state index contributed by atoms with van der Waals surface area (Å²) in [5, 5.41) is 12.6. The Kier molecular flexibility index (Phi) is 41.3. The van der Waals surface area contributed by atoms with Crippen LogP contribution in [0.25, 0.3) is 77.4 Å². The quantitative estimate of drug-likeness (QED) is 0.0320. The normalized spacial score (nSPS) is 15.8. The monoisotopic (exact) mass is 2080 g/mol. The van der Waals surface area contributed by atoms with Gasteiger partial charge in [0.05, 0.1) is 118 Å². The Bertz CT molecular complexity index is 6100. The van der Waals surface area contributed by atoms with Gasteiger partial charge in [-0.25, -0.2) is 94.1 Å². The highest BCUT2D eigenvalue weighted by atomic mass is 35.5. The molecular weight excluding hydrogens is 1970 g/mol. The number of benzene rings is 4. The molecule has 0 saturated carbocycles. The molecule has 0 spiro atoms. The number of quaternary nitrogens is 1. The largest absolute Gasteiger partial charge is 1.00 e. The Morgan fingerprint density at radius 2 is 0.816 bits per heavy atom. The maximum absolute atomic E-state index is 12.5. The van der Waals surface area contributed by atoms with Crippen molar-refractivity contribution in [2.24, 2.45) is 0 Å². The number of piperazine rings is 2. The number of aliphatic carboxylic acids is 1. The van der Waals surface area contributed by atoms with E-state index < -0.39 is 37.7 Å². The van der Waals surface area contributed by atoms with Gasteiger partial charge in [-0.05, 0) is 142 Å². The lowest BCUT2D eigenvalue weighted by molar-refractivity contribution is -0.894. The van der Waals surface area contributed by atoms with Crippen LogP contribution in [0.2, 0.25) is 30.8 Å². The number of carboxylic acids is 1.